The standard InChI is InChI=1S/C14H16F3NO/c15-11-8-10(9-12(16)13(11)17)14(19)18-6-4-2-1-3-5-7-18/h8-9H,1-7H2. The molecule has 2 rings (SSSR count). The van der Waals surface area contributed by atoms with E-state index in [4.69, 9.17) is 0 Å². The number of hydrogen-bond donors (Lipinski definition) is 0. The Morgan fingerprint density at radius 1 is 0.895 bits per heavy atom. The summed E-state index contributed by atoms with van der Waals surface area (Å²) in [5.74, 6) is -4.62. The highest BCUT2D eigenvalue weighted by atomic mass is 19.2. The zero-order valence-corrected chi connectivity index (χ0v) is 10.6. The number of likely N-dealkylation sites (tertiary alicyclic amines) is 1. The minimum absolute atomic E-state index is 0.128. The fourth-order valence-electron chi connectivity index (χ4n) is 2.31. The third-order valence-corrected chi connectivity index (χ3v) is 3.37. The summed E-state index contributed by atoms with van der Waals surface area (Å²) < 4.78 is 39.1. The molecule has 1 aromatic carbocycles. The fourth-order valence-corrected chi connectivity index (χ4v) is 2.31. The van der Waals surface area contributed by atoms with Crippen molar-refractivity contribution in [3.05, 3.63) is 35.1 Å². The molecule has 5 heteroatoms. The molecule has 1 aliphatic heterocycles. The third kappa shape index (κ3) is 3.28. The highest BCUT2D eigenvalue weighted by Gasteiger charge is 2.20. The van der Waals surface area contributed by atoms with Crippen molar-refractivity contribution in [2.45, 2.75) is 32.1 Å². The van der Waals surface area contributed by atoms with E-state index < -0.39 is 23.4 Å². The van der Waals surface area contributed by atoms with Crippen LogP contribution in [0.1, 0.15) is 42.5 Å². The molecule has 0 saturated carbocycles. The molecule has 1 saturated heterocycles. The first-order valence-corrected chi connectivity index (χ1v) is 6.53. The van der Waals surface area contributed by atoms with E-state index >= 15 is 0 Å². The van der Waals surface area contributed by atoms with Crippen LogP contribution < -0.4 is 0 Å². The van der Waals surface area contributed by atoms with Crippen molar-refractivity contribution in [1.82, 2.24) is 4.90 Å². The molecule has 0 radical (unpaired) electrons. The molecule has 1 aliphatic rings. The van der Waals surface area contributed by atoms with Crippen molar-refractivity contribution in [2.24, 2.45) is 0 Å². The van der Waals surface area contributed by atoms with Gasteiger partial charge in [0.15, 0.2) is 17.5 Å². The van der Waals surface area contributed by atoms with E-state index in [2.05, 4.69) is 0 Å². The van der Waals surface area contributed by atoms with Crippen LogP contribution in [-0.2, 0) is 0 Å². The van der Waals surface area contributed by atoms with Crippen molar-refractivity contribution in [3.63, 3.8) is 0 Å². The van der Waals surface area contributed by atoms with Crippen molar-refractivity contribution in [2.75, 3.05) is 13.1 Å². The largest absolute Gasteiger partial charge is 0.339 e. The molecule has 2 nitrogen and oxygen atoms in total. The summed E-state index contributed by atoms with van der Waals surface area (Å²) in [6.45, 7) is 1.17. The molecule has 1 heterocycles. The van der Waals surface area contributed by atoms with Gasteiger partial charge in [0, 0.05) is 18.7 Å². The SMILES string of the molecule is O=C(c1cc(F)c(F)c(F)c1)N1CCCCCCC1. The number of hydrogen-bond acceptors (Lipinski definition) is 1. The maximum Gasteiger partial charge on any atom is 0.254 e. The monoisotopic (exact) mass is 271 g/mol. The van der Waals surface area contributed by atoms with Crippen LogP contribution in [0.25, 0.3) is 0 Å². The van der Waals surface area contributed by atoms with Crippen LogP contribution in [0.4, 0.5) is 13.2 Å². The molecule has 0 spiro atoms. The highest BCUT2D eigenvalue weighted by Crippen LogP contribution is 2.17. The molecule has 0 atom stereocenters. The molecule has 1 amide bonds. The summed E-state index contributed by atoms with van der Waals surface area (Å²) in [6, 6.07) is 1.53. The van der Waals surface area contributed by atoms with Crippen LogP contribution in [0.5, 0.6) is 0 Å². The maximum absolute atomic E-state index is 13.1. The van der Waals surface area contributed by atoms with E-state index in [-0.39, 0.29) is 5.56 Å². The van der Waals surface area contributed by atoms with Crippen LogP contribution in [0, 0.1) is 17.5 Å². The lowest BCUT2D eigenvalue weighted by atomic mass is 10.1. The fraction of sp³-hybridized carbons (Fsp3) is 0.500. The Hall–Kier alpha value is -1.52. The van der Waals surface area contributed by atoms with Crippen molar-refractivity contribution in [3.8, 4) is 0 Å². The Bertz CT molecular complexity index is 445. The Morgan fingerprint density at radius 3 is 1.89 bits per heavy atom. The molecule has 1 fully saturated rings. The number of carbonyl (C=O) groups excluding carboxylic acids is 1. The van der Waals surface area contributed by atoms with Gasteiger partial charge in [-0.05, 0) is 25.0 Å². The number of rotatable bonds is 1. The van der Waals surface area contributed by atoms with Gasteiger partial charge in [0.1, 0.15) is 0 Å². The average molecular weight is 271 g/mol. The first-order valence-electron chi connectivity index (χ1n) is 6.53. The van der Waals surface area contributed by atoms with Crippen LogP contribution in [-0.4, -0.2) is 23.9 Å². The minimum atomic E-state index is -1.54. The molecular weight excluding hydrogens is 255 g/mol. The lowest BCUT2D eigenvalue weighted by Gasteiger charge is -2.24. The zero-order chi connectivity index (χ0) is 13.8. The van der Waals surface area contributed by atoms with Crippen molar-refractivity contribution in [1.29, 1.82) is 0 Å². The highest BCUT2D eigenvalue weighted by molar-refractivity contribution is 5.94. The maximum atomic E-state index is 13.1. The van der Waals surface area contributed by atoms with E-state index in [0.29, 0.717) is 13.1 Å². The van der Waals surface area contributed by atoms with E-state index in [1.54, 1.807) is 4.90 Å². The van der Waals surface area contributed by atoms with E-state index in [0.717, 1.165) is 44.2 Å². The predicted octanol–water partition coefficient (Wildman–Crippen LogP) is 3.51. The molecule has 104 valence electrons. The molecule has 0 N–H and O–H groups in total. The summed E-state index contributed by atoms with van der Waals surface area (Å²) >= 11 is 0. The average Bonchev–Trinajstić information content (AvgIpc) is 2.34. The van der Waals surface area contributed by atoms with Crippen LogP contribution in [0.3, 0.4) is 0 Å². The third-order valence-electron chi connectivity index (χ3n) is 3.37. The van der Waals surface area contributed by atoms with Gasteiger partial charge >= 0.3 is 0 Å². The molecule has 0 aliphatic carbocycles. The van der Waals surface area contributed by atoms with Gasteiger partial charge in [-0.15, -0.1) is 0 Å². The summed E-state index contributed by atoms with van der Waals surface area (Å²) in [5.41, 5.74) is -0.128. The molecule has 1 aromatic rings. The lowest BCUT2D eigenvalue weighted by molar-refractivity contribution is 0.0741. The first kappa shape index (κ1) is 13.9. The van der Waals surface area contributed by atoms with Gasteiger partial charge in [0.25, 0.3) is 5.91 Å². The quantitative estimate of drug-likeness (QED) is 0.716. The van der Waals surface area contributed by atoms with Gasteiger partial charge in [-0.25, -0.2) is 13.2 Å². The summed E-state index contributed by atoms with van der Waals surface area (Å²) in [7, 11) is 0. The zero-order valence-electron chi connectivity index (χ0n) is 10.6. The van der Waals surface area contributed by atoms with E-state index in [9.17, 15) is 18.0 Å². The van der Waals surface area contributed by atoms with Crippen molar-refractivity contribution >= 4 is 5.91 Å². The van der Waals surface area contributed by atoms with Crippen LogP contribution in [0.2, 0.25) is 0 Å². The molecular formula is C14H16F3NO. The number of amides is 1. The van der Waals surface area contributed by atoms with Crippen molar-refractivity contribution < 1.29 is 18.0 Å². The van der Waals surface area contributed by atoms with Gasteiger partial charge < -0.3 is 4.90 Å². The number of carbonyl (C=O) groups is 1. The second kappa shape index (κ2) is 6.08. The van der Waals surface area contributed by atoms with Gasteiger partial charge in [-0.3, -0.25) is 4.79 Å². The number of halogens is 3. The second-order valence-electron chi connectivity index (χ2n) is 4.81. The normalized spacial score (nSPS) is 16.9. The molecule has 19 heavy (non-hydrogen) atoms. The van der Waals surface area contributed by atoms with E-state index in [1.807, 2.05) is 0 Å². The summed E-state index contributed by atoms with van der Waals surface area (Å²) in [6.07, 6.45) is 5.03. The van der Waals surface area contributed by atoms with Gasteiger partial charge in [-0.2, -0.15) is 0 Å². The topological polar surface area (TPSA) is 20.3 Å². The summed E-state index contributed by atoms with van der Waals surface area (Å²) in [5, 5.41) is 0. The van der Waals surface area contributed by atoms with Crippen LogP contribution >= 0.6 is 0 Å². The Morgan fingerprint density at radius 2 is 1.37 bits per heavy atom. The first-order chi connectivity index (χ1) is 9.09. The second-order valence-corrected chi connectivity index (χ2v) is 4.81. The van der Waals surface area contributed by atoms with E-state index in [1.165, 1.54) is 0 Å². The smallest absolute Gasteiger partial charge is 0.254 e. The van der Waals surface area contributed by atoms with Crippen LogP contribution in [0.15, 0.2) is 12.1 Å². The number of benzene rings is 1. The Kier molecular flexibility index (Phi) is 4.45. The lowest BCUT2D eigenvalue weighted by Crippen LogP contribution is -2.34. The molecule has 0 unspecified atom stereocenters. The Balaban J connectivity index is 2.18. The van der Waals surface area contributed by atoms with Gasteiger partial charge in [-0.1, -0.05) is 19.3 Å². The predicted molar refractivity (Wildman–Crippen MR) is 65.3 cm³/mol. The van der Waals surface area contributed by atoms with Gasteiger partial charge in [0.05, 0.1) is 0 Å². The van der Waals surface area contributed by atoms with Gasteiger partial charge in [0.2, 0.25) is 0 Å². The minimum Gasteiger partial charge on any atom is -0.339 e. The Labute approximate surface area is 110 Å². The number of nitrogens with zero attached hydrogens (tertiary/aromatic N) is 1. The molecule has 0 bridgehead atoms. The molecule has 0 aromatic heterocycles. The summed E-state index contributed by atoms with van der Waals surface area (Å²) in [4.78, 5) is 13.7.